The predicted octanol–water partition coefficient (Wildman–Crippen LogP) is -0.277. The van der Waals surface area contributed by atoms with Crippen LogP contribution in [0.15, 0.2) is 0 Å². The van der Waals surface area contributed by atoms with E-state index in [9.17, 15) is 9.59 Å². The summed E-state index contributed by atoms with van der Waals surface area (Å²) < 4.78 is 4.71. The summed E-state index contributed by atoms with van der Waals surface area (Å²) in [6, 6.07) is -0.409. The molecule has 1 rings (SSSR count). The fourth-order valence-corrected chi connectivity index (χ4v) is 2.28. The van der Waals surface area contributed by atoms with Gasteiger partial charge in [0.2, 0.25) is 5.91 Å². The van der Waals surface area contributed by atoms with Gasteiger partial charge in [-0.3, -0.25) is 9.69 Å². The van der Waals surface area contributed by atoms with E-state index in [1.54, 1.807) is 0 Å². The molecular formula is C13H25N3O3. The molecule has 1 heterocycles. The summed E-state index contributed by atoms with van der Waals surface area (Å²) in [5.74, 6) is -0.227. The minimum Gasteiger partial charge on any atom is -0.467 e. The molecule has 1 unspecified atom stereocenters. The van der Waals surface area contributed by atoms with Crippen molar-refractivity contribution >= 4 is 11.9 Å². The fourth-order valence-electron chi connectivity index (χ4n) is 2.28. The first kappa shape index (κ1) is 15.9. The molecule has 0 aromatic carbocycles. The Kier molecular flexibility index (Phi) is 6.24. The Morgan fingerprint density at radius 3 is 2.63 bits per heavy atom. The highest BCUT2D eigenvalue weighted by atomic mass is 16.5. The molecule has 0 radical (unpaired) electrons. The second kappa shape index (κ2) is 7.45. The van der Waals surface area contributed by atoms with Crippen molar-refractivity contribution in [3.05, 3.63) is 0 Å². The Morgan fingerprint density at radius 1 is 1.47 bits per heavy atom. The largest absolute Gasteiger partial charge is 0.467 e. The lowest BCUT2D eigenvalue weighted by Gasteiger charge is -2.20. The van der Waals surface area contributed by atoms with Gasteiger partial charge in [-0.2, -0.15) is 0 Å². The molecule has 0 saturated carbocycles. The Hall–Kier alpha value is -1.14. The Bertz CT molecular complexity index is 320. The second-order valence-electron chi connectivity index (χ2n) is 5.56. The number of nitrogens with zero attached hydrogens (tertiary/aromatic N) is 1. The van der Waals surface area contributed by atoms with E-state index in [-0.39, 0.29) is 17.9 Å². The van der Waals surface area contributed by atoms with E-state index in [1.807, 2.05) is 18.7 Å². The summed E-state index contributed by atoms with van der Waals surface area (Å²) in [7, 11) is 1.33. The molecule has 6 nitrogen and oxygen atoms in total. The third-order valence-corrected chi connectivity index (χ3v) is 3.20. The van der Waals surface area contributed by atoms with Crippen molar-refractivity contribution in [1.82, 2.24) is 10.2 Å². The highest BCUT2D eigenvalue weighted by molar-refractivity contribution is 5.85. The second-order valence-corrected chi connectivity index (χ2v) is 5.56. The lowest BCUT2D eigenvalue weighted by atomic mass is 10.0. The smallest absolute Gasteiger partial charge is 0.328 e. The Balaban J connectivity index is 2.44. The van der Waals surface area contributed by atoms with E-state index in [1.165, 1.54) is 7.11 Å². The summed E-state index contributed by atoms with van der Waals surface area (Å²) in [6.45, 7) is 5.87. The normalized spacial score (nSPS) is 21.4. The van der Waals surface area contributed by atoms with Gasteiger partial charge in [0.15, 0.2) is 0 Å². The number of hydrogen-bond donors (Lipinski definition) is 2. The van der Waals surface area contributed by atoms with Crippen LogP contribution >= 0.6 is 0 Å². The van der Waals surface area contributed by atoms with Crippen molar-refractivity contribution < 1.29 is 14.3 Å². The minimum atomic E-state index is -0.561. The van der Waals surface area contributed by atoms with Gasteiger partial charge < -0.3 is 15.8 Å². The highest BCUT2D eigenvalue weighted by Gasteiger charge is 2.25. The van der Waals surface area contributed by atoms with Crippen molar-refractivity contribution in [2.75, 3.05) is 26.7 Å². The van der Waals surface area contributed by atoms with Crippen molar-refractivity contribution in [1.29, 1.82) is 0 Å². The number of ether oxygens (including phenoxy) is 1. The van der Waals surface area contributed by atoms with Crippen LogP contribution in [0.3, 0.4) is 0 Å². The van der Waals surface area contributed by atoms with Crippen LogP contribution in [0.5, 0.6) is 0 Å². The summed E-state index contributed by atoms with van der Waals surface area (Å²) in [5.41, 5.74) is 5.79. The summed E-state index contributed by atoms with van der Waals surface area (Å²) in [5, 5.41) is 2.74. The van der Waals surface area contributed by atoms with Crippen LogP contribution in [0, 0.1) is 5.92 Å². The molecular weight excluding hydrogens is 246 g/mol. The summed E-state index contributed by atoms with van der Waals surface area (Å²) in [6.07, 6.45) is 1.50. The van der Waals surface area contributed by atoms with Gasteiger partial charge in [-0.25, -0.2) is 4.79 Å². The van der Waals surface area contributed by atoms with Crippen LogP contribution in [-0.4, -0.2) is 55.6 Å². The predicted molar refractivity (Wildman–Crippen MR) is 72.4 cm³/mol. The van der Waals surface area contributed by atoms with E-state index in [2.05, 4.69) is 5.32 Å². The first-order valence-corrected chi connectivity index (χ1v) is 6.77. The molecule has 19 heavy (non-hydrogen) atoms. The number of likely N-dealkylation sites (tertiary alicyclic amines) is 1. The van der Waals surface area contributed by atoms with Gasteiger partial charge in [0.05, 0.1) is 13.7 Å². The maximum atomic E-state index is 11.9. The topological polar surface area (TPSA) is 84.7 Å². The zero-order valence-corrected chi connectivity index (χ0v) is 12.0. The zero-order chi connectivity index (χ0) is 14.4. The molecule has 110 valence electrons. The monoisotopic (exact) mass is 271 g/mol. The number of amides is 1. The molecule has 1 saturated heterocycles. The van der Waals surface area contributed by atoms with Gasteiger partial charge in [-0.15, -0.1) is 0 Å². The third-order valence-electron chi connectivity index (χ3n) is 3.20. The molecule has 1 amide bonds. The number of rotatable bonds is 6. The molecule has 0 aromatic rings. The van der Waals surface area contributed by atoms with E-state index >= 15 is 0 Å². The molecule has 6 heteroatoms. The number of carbonyl (C=O) groups is 2. The van der Waals surface area contributed by atoms with Crippen molar-refractivity contribution in [3.63, 3.8) is 0 Å². The average Bonchev–Trinajstić information content (AvgIpc) is 2.72. The number of nitrogens with one attached hydrogen (secondary N) is 1. The lowest BCUT2D eigenvalue weighted by molar-refractivity contribution is -0.145. The van der Waals surface area contributed by atoms with Crippen LogP contribution < -0.4 is 11.1 Å². The molecule has 0 aromatic heterocycles. The molecule has 1 fully saturated rings. The van der Waals surface area contributed by atoms with E-state index in [0.29, 0.717) is 18.9 Å². The third kappa shape index (κ3) is 5.57. The average molecular weight is 271 g/mol. The van der Waals surface area contributed by atoms with Crippen LogP contribution in [0.1, 0.15) is 26.7 Å². The molecule has 1 aliphatic heterocycles. The minimum absolute atomic E-state index is 0.148. The van der Waals surface area contributed by atoms with Crippen LogP contribution in [0.2, 0.25) is 0 Å². The zero-order valence-electron chi connectivity index (χ0n) is 12.0. The van der Waals surface area contributed by atoms with Gasteiger partial charge in [-0.1, -0.05) is 13.8 Å². The van der Waals surface area contributed by atoms with Crippen LogP contribution in [0.25, 0.3) is 0 Å². The van der Waals surface area contributed by atoms with Gasteiger partial charge >= 0.3 is 5.97 Å². The molecule has 1 aliphatic rings. The Labute approximate surface area is 114 Å². The van der Waals surface area contributed by atoms with Crippen molar-refractivity contribution in [3.8, 4) is 0 Å². The first-order valence-electron chi connectivity index (χ1n) is 6.77. The quantitative estimate of drug-likeness (QED) is 0.649. The molecule has 0 bridgehead atoms. The fraction of sp³-hybridized carbons (Fsp3) is 0.846. The molecule has 3 N–H and O–H groups in total. The maximum absolute atomic E-state index is 11.9. The van der Waals surface area contributed by atoms with Gasteiger partial charge in [-0.05, 0) is 18.8 Å². The molecule has 0 aliphatic carbocycles. The van der Waals surface area contributed by atoms with Gasteiger partial charge in [0, 0.05) is 19.1 Å². The SMILES string of the molecule is COC(=O)C(CC(C)C)NC(=O)CN1CC[C@@H](N)C1. The maximum Gasteiger partial charge on any atom is 0.328 e. The van der Waals surface area contributed by atoms with Gasteiger partial charge in [0.25, 0.3) is 0 Å². The van der Waals surface area contributed by atoms with Crippen molar-refractivity contribution in [2.24, 2.45) is 11.7 Å². The number of carbonyl (C=O) groups excluding carboxylic acids is 2. The van der Waals surface area contributed by atoms with Gasteiger partial charge in [0.1, 0.15) is 6.04 Å². The number of nitrogens with two attached hydrogens (primary N) is 1. The summed E-state index contributed by atoms with van der Waals surface area (Å²) >= 11 is 0. The van der Waals surface area contributed by atoms with Crippen LogP contribution in [0.4, 0.5) is 0 Å². The van der Waals surface area contributed by atoms with E-state index in [0.717, 1.165) is 19.5 Å². The standard InChI is InChI=1S/C13H25N3O3/c1-9(2)6-11(13(18)19-3)15-12(17)8-16-5-4-10(14)7-16/h9-11H,4-8,14H2,1-3H3,(H,15,17)/t10-,11?/m1/s1. The first-order chi connectivity index (χ1) is 8.92. The van der Waals surface area contributed by atoms with E-state index < -0.39 is 6.04 Å². The summed E-state index contributed by atoms with van der Waals surface area (Å²) in [4.78, 5) is 25.5. The number of hydrogen-bond acceptors (Lipinski definition) is 5. The number of methoxy groups -OCH3 is 1. The molecule has 0 spiro atoms. The number of esters is 1. The van der Waals surface area contributed by atoms with E-state index in [4.69, 9.17) is 10.5 Å². The highest BCUT2D eigenvalue weighted by Crippen LogP contribution is 2.08. The Morgan fingerprint density at radius 2 is 2.16 bits per heavy atom. The molecule has 2 atom stereocenters. The lowest BCUT2D eigenvalue weighted by Crippen LogP contribution is -2.46. The van der Waals surface area contributed by atoms with Crippen molar-refractivity contribution in [2.45, 2.75) is 38.8 Å². The van der Waals surface area contributed by atoms with Crippen LogP contribution in [-0.2, 0) is 14.3 Å².